The molecule has 0 saturated heterocycles. The molecular weight excluding hydrogens is 466 g/mol. The summed E-state index contributed by atoms with van der Waals surface area (Å²) in [4.78, 5) is 29.2. The summed E-state index contributed by atoms with van der Waals surface area (Å²) in [5.74, 6) is -1.27. The van der Waals surface area contributed by atoms with E-state index >= 15 is 0 Å². The molecule has 0 radical (unpaired) electrons. The predicted molar refractivity (Wildman–Crippen MR) is 130 cm³/mol. The summed E-state index contributed by atoms with van der Waals surface area (Å²) < 4.78 is 2.70. The van der Waals surface area contributed by atoms with E-state index in [1.807, 2.05) is 79.1 Å². The van der Waals surface area contributed by atoms with E-state index in [4.69, 9.17) is 0 Å². The normalized spacial score (nSPS) is 10.9. The number of hydrogen-bond donors (Lipinski definition) is 2. The molecule has 2 N–H and O–H groups in total. The van der Waals surface area contributed by atoms with Crippen LogP contribution in [0.5, 0.6) is 0 Å². The Morgan fingerprint density at radius 3 is 2.31 bits per heavy atom. The van der Waals surface area contributed by atoms with Crippen LogP contribution in [-0.4, -0.2) is 21.1 Å². The second kappa shape index (κ2) is 8.32. The van der Waals surface area contributed by atoms with Crippen LogP contribution in [0.15, 0.2) is 102 Å². The molecule has 3 aromatic heterocycles. The van der Waals surface area contributed by atoms with Crippen molar-refractivity contribution in [2.75, 3.05) is 5.32 Å². The number of nitrogens with zero attached hydrogens (tertiary/aromatic N) is 1. The van der Waals surface area contributed by atoms with Gasteiger partial charge >= 0.3 is 0 Å². The number of Topliss-reactive ketones (excluding diaryl/α,β-unsaturated/α-hetero) is 1. The lowest BCUT2D eigenvalue weighted by Crippen LogP contribution is -2.24. The molecule has 6 heteroatoms. The Labute approximate surface area is 192 Å². The molecule has 156 valence electrons. The second-order valence-electron chi connectivity index (χ2n) is 7.37. The lowest BCUT2D eigenvalue weighted by Gasteiger charge is -2.08. The van der Waals surface area contributed by atoms with Crippen LogP contribution in [0.1, 0.15) is 10.5 Å². The average molecular weight is 484 g/mol. The highest BCUT2D eigenvalue weighted by Gasteiger charge is 2.24. The summed E-state index contributed by atoms with van der Waals surface area (Å²) in [6.07, 6.45) is 5.55. The number of carbonyl (C=O) groups excluding carboxylic acids is 2. The fraction of sp³-hybridized carbons (Fsp3) is 0. The number of hydrogen-bond acceptors (Lipinski definition) is 2. The third kappa shape index (κ3) is 3.76. The van der Waals surface area contributed by atoms with Gasteiger partial charge in [0.05, 0.1) is 0 Å². The highest BCUT2D eigenvalue weighted by Crippen LogP contribution is 2.30. The fourth-order valence-electron chi connectivity index (χ4n) is 3.75. The zero-order valence-corrected chi connectivity index (χ0v) is 18.5. The zero-order valence-electron chi connectivity index (χ0n) is 16.9. The van der Waals surface area contributed by atoms with E-state index in [1.54, 1.807) is 22.7 Å². The van der Waals surface area contributed by atoms with Gasteiger partial charge in [-0.1, -0.05) is 46.3 Å². The van der Waals surface area contributed by atoms with Crippen LogP contribution >= 0.6 is 15.9 Å². The monoisotopic (exact) mass is 483 g/mol. The Kier molecular flexibility index (Phi) is 5.21. The summed E-state index contributed by atoms with van der Waals surface area (Å²) in [5, 5.41) is 2.74. The maximum atomic E-state index is 13.3. The van der Waals surface area contributed by atoms with Crippen molar-refractivity contribution < 1.29 is 9.59 Å². The molecule has 0 atom stereocenters. The molecule has 5 aromatic rings. The number of rotatable bonds is 5. The molecule has 0 fully saturated rings. The first kappa shape index (κ1) is 20.0. The Balaban J connectivity index is 1.47. The summed E-state index contributed by atoms with van der Waals surface area (Å²) in [7, 11) is 0. The van der Waals surface area contributed by atoms with Gasteiger partial charge in [0, 0.05) is 39.8 Å². The minimum absolute atomic E-state index is 0.337. The van der Waals surface area contributed by atoms with Crippen LogP contribution in [-0.2, 0) is 4.79 Å². The number of amides is 1. The molecule has 0 aliphatic carbocycles. The van der Waals surface area contributed by atoms with Gasteiger partial charge in [0.15, 0.2) is 0 Å². The van der Waals surface area contributed by atoms with E-state index < -0.39 is 11.7 Å². The third-order valence-corrected chi connectivity index (χ3v) is 5.86. The topological polar surface area (TPSA) is 66.4 Å². The summed E-state index contributed by atoms with van der Waals surface area (Å²) in [5.41, 5.74) is 5.40. The molecule has 3 heterocycles. The van der Waals surface area contributed by atoms with Crippen molar-refractivity contribution in [2.24, 2.45) is 0 Å². The number of ketones is 1. The van der Waals surface area contributed by atoms with Crippen molar-refractivity contribution in [2.45, 2.75) is 0 Å². The Morgan fingerprint density at radius 2 is 1.59 bits per heavy atom. The molecule has 32 heavy (non-hydrogen) atoms. The van der Waals surface area contributed by atoms with Gasteiger partial charge in [-0.05, 0) is 65.2 Å². The van der Waals surface area contributed by atoms with Crippen LogP contribution in [0, 0.1) is 0 Å². The van der Waals surface area contributed by atoms with Crippen LogP contribution in [0.25, 0.3) is 27.8 Å². The number of aromatic nitrogens is 2. The molecule has 5 nitrogen and oxygen atoms in total. The molecule has 0 bridgehead atoms. The van der Waals surface area contributed by atoms with E-state index in [0.29, 0.717) is 16.9 Å². The summed E-state index contributed by atoms with van der Waals surface area (Å²) >= 11 is 3.44. The molecule has 0 unspecified atom stereocenters. The Bertz CT molecular complexity index is 1420. The van der Waals surface area contributed by atoms with Crippen molar-refractivity contribution >= 4 is 38.8 Å². The minimum atomic E-state index is -0.679. The van der Waals surface area contributed by atoms with Gasteiger partial charge in [-0.25, -0.2) is 0 Å². The number of halogens is 1. The number of nitrogens with one attached hydrogen (secondary N) is 2. The number of aromatic amines is 1. The standard InChI is InChI=1S/C26H18BrN3O2/c27-20-8-4-18(5-9-20)23-15-22-3-1-2-14-30(22)24(23)25(31)26(32)29-21-10-6-17(7-11-21)19-12-13-28-16-19/h1-16,28H,(H,29,32). The van der Waals surface area contributed by atoms with Gasteiger partial charge in [0.2, 0.25) is 0 Å². The minimum Gasteiger partial charge on any atom is -0.367 e. The van der Waals surface area contributed by atoms with E-state index in [0.717, 1.165) is 26.7 Å². The van der Waals surface area contributed by atoms with E-state index in [9.17, 15) is 9.59 Å². The van der Waals surface area contributed by atoms with Gasteiger partial charge in [0.1, 0.15) is 5.69 Å². The van der Waals surface area contributed by atoms with Crippen LogP contribution in [0.2, 0.25) is 0 Å². The van der Waals surface area contributed by atoms with Crippen molar-refractivity contribution in [3.63, 3.8) is 0 Å². The molecule has 0 aliphatic rings. The van der Waals surface area contributed by atoms with E-state index in [-0.39, 0.29) is 0 Å². The summed E-state index contributed by atoms with van der Waals surface area (Å²) in [6.45, 7) is 0. The SMILES string of the molecule is O=C(Nc1ccc(-c2cc[nH]c2)cc1)C(=O)c1c(-c2ccc(Br)cc2)cc2ccccn12. The molecule has 5 rings (SSSR count). The molecule has 2 aromatic carbocycles. The average Bonchev–Trinajstić information content (AvgIpc) is 3.48. The van der Waals surface area contributed by atoms with Crippen molar-refractivity contribution in [3.8, 4) is 22.3 Å². The number of H-pyrrole nitrogens is 1. The second-order valence-corrected chi connectivity index (χ2v) is 8.28. The number of benzene rings is 2. The van der Waals surface area contributed by atoms with Gasteiger partial charge in [-0.3, -0.25) is 9.59 Å². The number of anilines is 1. The highest BCUT2D eigenvalue weighted by molar-refractivity contribution is 9.10. The Morgan fingerprint density at radius 1 is 0.844 bits per heavy atom. The smallest absolute Gasteiger partial charge is 0.298 e. The van der Waals surface area contributed by atoms with Gasteiger partial charge < -0.3 is 14.7 Å². The molecular formula is C26H18BrN3O2. The van der Waals surface area contributed by atoms with Crippen LogP contribution in [0.4, 0.5) is 5.69 Å². The molecule has 1 amide bonds. The van der Waals surface area contributed by atoms with Gasteiger partial charge in [0.25, 0.3) is 11.7 Å². The largest absolute Gasteiger partial charge is 0.367 e. The maximum absolute atomic E-state index is 13.3. The quantitative estimate of drug-likeness (QED) is 0.231. The zero-order chi connectivity index (χ0) is 22.1. The molecule has 0 spiro atoms. The fourth-order valence-corrected chi connectivity index (χ4v) is 4.01. The highest BCUT2D eigenvalue weighted by atomic mass is 79.9. The Hall–Kier alpha value is -3.90. The lowest BCUT2D eigenvalue weighted by atomic mass is 10.0. The first-order valence-corrected chi connectivity index (χ1v) is 10.8. The molecule has 0 saturated carbocycles. The lowest BCUT2D eigenvalue weighted by molar-refractivity contribution is -0.112. The van der Waals surface area contributed by atoms with E-state index in [2.05, 4.69) is 26.2 Å². The van der Waals surface area contributed by atoms with Crippen LogP contribution in [0.3, 0.4) is 0 Å². The maximum Gasteiger partial charge on any atom is 0.298 e. The number of carbonyl (C=O) groups is 2. The first-order chi connectivity index (χ1) is 15.6. The van der Waals surface area contributed by atoms with Gasteiger partial charge in [-0.15, -0.1) is 0 Å². The van der Waals surface area contributed by atoms with E-state index in [1.165, 1.54) is 0 Å². The molecule has 0 aliphatic heterocycles. The number of pyridine rings is 1. The van der Waals surface area contributed by atoms with Gasteiger partial charge in [-0.2, -0.15) is 0 Å². The van der Waals surface area contributed by atoms with Crippen molar-refractivity contribution in [3.05, 3.63) is 108 Å². The number of fused-ring (bicyclic) bond motifs is 1. The first-order valence-electron chi connectivity index (χ1n) is 10.0. The van der Waals surface area contributed by atoms with Crippen molar-refractivity contribution in [1.29, 1.82) is 0 Å². The third-order valence-electron chi connectivity index (χ3n) is 5.33. The van der Waals surface area contributed by atoms with Crippen LogP contribution < -0.4 is 5.32 Å². The predicted octanol–water partition coefficient (Wildman–Crippen LogP) is 6.19. The van der Waals surface area contributed by atoms with Crippen molar-refractivity contribution in [1.82, 2.24) is 9.38 Å². The summed E-state index contributed by atoms with van der Waals surface area (Å²) in [6, 6.07) is 24.6.